The molecule has 1 unspecified atom stereocenters. The molecule has 1 atom stereocenters. The van der Waals surface area contributed by atoms with Crippen LogP contribution in [0.3, 0.4) is 0 Å². The summed E-state index contributed by atoms with van der Waals surface area (Å²) in [5.41, 5.74) is 6.88. The molecule has 6 heteroatoms. The fourth-order valence-corrected chi connectivity index (χ4v) is 2.86. The molecule has 2 rings (SSSR count). The van der Waals surface area contributed by atoms with Crippen LogP contribution < -0.4 is 0 Å². The van der Waals surface area contributed by atoms with E-state index in [0.717, 1.165) is 11.1 Å². The van der Waals surface area contributed by atoms with Crippen LogP contribution in [0.5, 0.6) is 5.75 Å². The maximum atomic E-state index is 11.5. The Morgan fingerprint density at radius 2 is 1.78 bits per heavy atom. The lowest BCUT2D eigenvalue weighted by Crippen LogP contribution is -2.25. The second-order valence-electron chi connectivity index (χ2n) is 6.48. The van der Waals surface area contributed by atoms with Gasteiger partial charge >= 0.3 is 11.9 Å². The van der Waals surface area contributed by atoms with E-state index in [1.807, 2.05) is 19.1 Å². The summed E-state index contributed by atoms with van der Waals surface area (Å²) in [4.78, 5) is 22.0. The molecule has 3 N–H and O–H groups in total. The van der Waals surface area contributed by atoms with E-state index in [1.165, 1.54) is 6.08 Å². The van der Waals surface area contributed by atoms with Crippen molar-refractivity contribution in [2.24, 2.45) is 0 Å². The number of phenols is 1. The monoisotopic (exact) mass is 370 g/mol. The molecule has 6 nitrogen and oxygen atoms in total. The van der Waals surface area contributed by atoms with Crippen LogP contribution in [0.4, 0.5) is 0 Å². The van der Waals surface area contributed by atoms with E-state index >= 15 is 0 Å². The number of hydrogen-bond donors (Lipinski definition) is 3. The first-order chi connectivity index (χ1) is 12.8. The van der Waals surface area contributed by atoms with E-state index < -0.39 is 17.4 Å². The van der Waals surface area contributed by atoms with Crippen molar-refractivity contribution < 1.29 is 29.6 Å². The Hall–Kier alpha value is -3.20. The van der Waals surface area contributed by atoms with Gasteiger partial charge in [-0.2, -0.15) is 0 Å². The summed E-state index contributed by atoms with van der Waals surface area (Å²) < 4.78 is 5.10. The number of carboxylic acid groups (broad SMARTS) is 1. The standard InChI is InChI=1S/C21H22O6/c1-21(15-3-7-17(22)8-4-15,16-5-9-18(23)10-6-16)13-2-14-27-20(26)12-11-19(24)25/h3-5,7-9,22-23H,2,11-14H2,1H3,(H,24,25). The summed E-state index contributed by atoms with van der Waals surface area (Å²) in [6.07, 6.45) is 4.06. The van der Waals surface area contributed by atoms with Gasteiger partial charge in [0.2, 0.25) is 0 Å². The molecule has 1 aliphatic carbocycles. The minimum absolute atomic E-state index is 0.000772. The first-order valence-corrected chi connectivity index (χ1v) is 8.61. The highest BCUT2D eigenvalue weighted by Gasteiger charge is 2.30. The number of benzene rings is 1. The summed E-state index contributed by atoms with van der Waals surface area (Å²) in [6.45, 7) is 2.18. The largest absolute Gasteiger partial charge is 0.508 e. The third-order valence-electron chi connectivity index (χ3n) is 4.46. The van der Waals surface area contributed by atoms with Gasteiger partial charge in [0.15, 0.2) is 5.76 Å². The number of aliphatic hydroxyl groups excluding tert-OH is 1. The molecule has 0 amide bonds. The average molecular weight is 370 g/mol. The van der Waals surface area contributed by atoms with Crippen molar-refractivity contribution in [1.82, 2.24) is 0 Å². The quantitative estimate of drug-likeness (QED) is 0.349. The Bertz CT molecular complexity index is 836. The molecule has 1 aromatic carbocycles. The van der Waals surface area contributed by atoms with Gasteiger partial charge in [0.05, 0.1) is 19.4 Å². The van der Waals surface area contributed by atoms with Crippen LogP contribution in [0.1, 0.15) is 38.2 Å². The van der Waals surface area contributed by atoms with Crippen molar-refractivity contribution >= 4 is 11.9 Å². The molecule has 0 spiro atoms. The number of aliphatic hydroxyl groups is 1. The fourth-order valence-electron chi connectivity index (χ4n) is 2.86. The average Bonchev–Trinajstić information content (AvgIpc) is 2.64. The highest BCUT2D eigenvalue weighted by molar-refractivity contribution is 5.76. The molecule has 0 bridgehead atoms. The van der Waals surface area contributed by atoms with Gasteiger partial charge < -0.3 is 20.1 Å². The zero-order chi connectivity index (χ0) is 19.9. The fraction of sp³-hybridized carbons (Fsp3) is 0.333. The molecule has 0 aromatic heterocycles. The number of phenolic OH excluding ortho intramolecular Hbond substituents is 1. The van der Waals surface area contributed by atoms with Gasteiger partial charge in [-0.1, -0.05) is 24.8 Å². The van der Waals surface area contributed by atoms with Crippen LogP contribution >= 0.6 is 0 Å². The van der Waals surface area contributed by atoms with Crippen molar-refractivity contribution in [1.29, 1.82) is 0 Å². The van der Waals surface area contributed by atoms with Gasteiger partial charge in [0, 0.05) is 11.0 Å². The lowest BCUT2D eigenvalue weighted by atomic mass is 9.72. The third-order valence-corrected chi connectivity index (χ3v) is 4.46. The van der Waals surface area contributed by atoms with Gasteiger partial charge in [0.25, 0.3) is 0 Å². The van der Waals surface area contributed by atoms with Crippen molar-refractivity contribution in [3.05, 3.63) is 64.8 Å². The van der Waals surface area contributed by atoms with Crippen LogP contribution in [0, 0.1) is 0 Å². The number of aliphatic carboxylic acids is 1. The topological polar surface area (TPSA) is 104 Å². The molecule has 1 aromatic rings. The number of carbonyl (C=O) groups is 2. The summed E-state index contributed by atoms with van der Waals surface area (Å²) in [6, 6.07) is 6.83. The smallest absolute Gasteiger partial charge is 0.306 e. The number of hydrogen-bond acceptors (Lipinski definition) is 5. The molecule has 0 saturated heterocycles. The lowest BCUT2D eigenvalue weighted by molar-refractivity contribution is -0.147. The summed E-state index contributed by atoms with van der Waals surface area (Å²) >= 11 is 0. The number of ether oxygens (including phenoxy) is 1. The van der Waals surface area contributed by atoms with Crippen LogP contribution in [0.25, 0.3) is 0 Å². The second kappa shape index (κ2) is 8.95. The first-order valence-electron chi connectivity index (χ1n) is 8.61. The Kier molecular flexibility index (Phi) is 6.67. The Balaban J connectivity index is 2.09. The number of esters is 1. The summed E-state index contributed by atoms with van der Waals surface area (Å²) in [5.74, 6) is -1.41. The molecule has 1 aliphatic rings. The molecule has 0 heterocycles. The van der Waals surface area contributed by atoms with E-state index in [0.29, 0.717) is 12.8 Å². The molecule has 0 aliphatic heterocycles. The van der Waals surface area contributed by atoms with Crippen molar-refractivity contribution in [2.45, 2.75) is 38.0 Å². The van der Waals surface area contributed by atoms with Gasteiger partial charge in [0.1, 0.15) is 5.75 Å². The molecule has 0 fully saturated rings. The maximum absolute atomic E-state index is 11.5. The van der Waals surface area contributed by atoms with E-state index in [4.69, 9.17) is 9.84 Å². The number of aromatic hydroxyl groups is 1. The van der Waals surface area contributed by atoms with Crippen LogP contribution in [-0.2, 0) is 19.7 Å². The van der Waals surface area contributed by atoms with E-state index in [-0.39, 0.29) is 31.0 Å². The Morgan fingerprint density at radius 1 is 1.07 bits per heavy atom. The molecular weight excluding hydrogens is 348 g/mol. The Morgan fingerprint density at radius 3 is 2.37 bits per heavy atom. The molecule has 0 radical (unpaired) electrons. The second-order valence-corrected chi connectivity index (χ2v) is 6.48. The van der Waals surface area contributed by atoms with Crippen LogP contribution in [0.15, 0.2) is 59.2 Å². The van der Waals surface area contributed by atoms with Gasteiger partial charge in [-0.05, 0) is 48.4 Å². The molecule has 0 saturated carbocycles. The predicted octanol–water partition coefficient (Wildman–Crippen LogP) is 3.53. The first kappa shape index (κ1) is 20.1. The Labute approximate surface area is 157 Å². The molecule has 142 valence electrons. The molecular formula is C21H22O6. The van der Waals surface area contributed by atoms with Crippen LogP contribution in [-0.4, -0.2) is 33.9 Å². The number of carboxylic acids is 1. The van der Waals surface area contributed by atoms with Gasteiger partial charge in [-0.15, -0.1) is 0 Å². The lowest BCUT2D eigenvalue weighted by Gasteiger charge is -2.31. The highest BCUT2D eigenvalue weighted by atomic mass is 16.5. The van der Waals surface area contributed by atoms with Gasteiger partial charge in [-0.25, -0.2) is 0 Å². The third kappa shape index (κ3) is 5.65. The van der Waals surface area contributed by atoms with E-state index in [2.05, 4.69) is 11.5 Å². The van der Waals surface area contributed by atoms with Crippen LogP contribution in [0.2, 0.25) is 0 Å². The summed E-state index contributed by atoms with van der Waals surface area (Å²) in [5, 5.41) is 27.6. The SMILES string of the molecule is CC(CCCOC(=O)CCC(=O)O)(C1=C=C=C(O)C=C1)c1ccc(O)cc1. The van der Waals surface area contributed by atoms with Crippen molar-refractivity contribution in [2.75, 3.05) is 6.61 Å². The predicted molar refractivity (Wildman–Crippen MR) is 98.3 cm³/mol. The number of rotatable bonds is 9. The van der Waals surface area contributed by atoms with Gasteiger partial charge in [-0.3, -0.25) is 9.59 Å². The van der Waals surface area contributed by atoms with Crippen molar-refractivity contribution in [3.8, 4) is 5.75 Å². The summed E-state index contributed by atoms with van der Waals surface area (Å²) in [7, 11) is 0. The number of allylic oxidation sites excluding steroid dienone is 3. The van der Waals surface area contributed by atoms with E-state index in [9.17, 15) is 19.8 Å². The zero-order valence-electron chi connectivity index (χ0n) is 15.1. The number of carbonyl (C=O) groups excluding carboxylic acids is 1. The minimum atomic E-state index is -1.04. The highest BCUT2D eigenvalue weighted by Crippen LogP contribution is 2.38. The minimum Gasteiger partial charge on any atom is -0.508 e. The zero-order valence-corrected chi connectivity index (χ0v) is 15.1. The van der Waals surface area contributed by atoms with E-state index in [1.54, 1.807) is 18.2 Å². The molecule has 27 heavy (non-hydrogen) atoms. The van der Waals surface area contributed by atoms with Crippen molar-refractivity contribution in [3.63, 3.8) is 0 Å². The normalized spacial score (nSPS) is 14.9. The maximum Gasteiger partial charge on any atom is 0.306 e.